The second-order valence-electron chi connectivity index (χ2n) is 8.84. The van der Waals surface area contributed by atoms with Gasteiger partial charge in [-0.25, -0.2) is 9.78 Å². The predicted molar refractivity (Wildman–Crippen MR) is 135 cm³/mol. The quantitative estimate of drug-likeness (QED) is 0.354. The highest BCUT2D eigenvalue weighted by molar-refractivity contribution is 6.30. The van der Waals surface area contributed by atoms with Gasteiger partial charge < -0.3 is 14.9 Å². The molecule has 182 valence electrons. The molecule has 1 aliphatic rings. The third-order valence-electron chi connectivity index (χ3n) is 5.18. The average molecular weight is 485 g/mol. The van der Waals surface area contributed by atoms with Crippen LogP contribution in [0.1, 0.15) is 88.4 Å². The fourth-order valence-corrected chi connectivity index (χ4v) is 4.02. The zero-order chi connectivity index (χ0) is 25.6. The molecule has 8 heteroatoms. The molecule has 2 N–H and O–H groups in total. The van der Waals surface area contributed by atoms with Crippen molar-refractivity contribution in [3.63, 3.8) is 0 Å². The molecule has 3 rings (SSSR count). The number of nitriles is 1. The van der Waals surface area contributed by atoms with Crippen molar-refractivity contribution in [2.75, 3.05) is 5.32 Å². The summed E-state index contributed by atoms with van der Waals surface area (Å²) in [5.74, 6) is 0.555. The number of rotatable bonds is 4. The van der Waals surface area contributed by atoms with Crippen molar-refractivity contribution in [2.24, 2.45) is 0 Å². The molecule has 0 saturated carbocycles. The third-order valence-corrected chi connectivity index (χ3v) is 5.45. The molecular formula is C26H33ClN4O3. The van der Waals surface area contributed by atoms with E-state index in [4.69, 9.17) is 26.5 Å². The molecule has 34 heavy (non-hydrogen) atoms. The first kappa shape index (κ1) is 27.1. The number of hydrogen-bond donors (Lipinski definition) is 2. The zero-order valence-electron chi connectivity index (χ0n) is 20.9. The van der Waals surface area contributed by atoms with Gasteiger partial charge in [0, 0.05) is 11.3 Å². The van der Waals surface area contributed by atoms with E-state index in [-0.39, 0.29) is 17.0 Å². The second-order valence-corrected chi connectivity index (χ2v) is 9.19. The number of carbonyl (C=O) groups excluding carboxylic acids is 1. The fraction of sp³-hybridized carbons (Fsp3) is 0.462. The molecule has 0 fully saturated rings. The van der Waals surface area contributed by atoms with E-state index >= 15 is 0 Å². The maximum Gasteiger partial charge on any atom is 0.412 e. The van der Waals surface area contributed by atoms with Crippen LogP contribution in [0.2, 0.25) is 5.15 Å². The Morgan fingerprint density at radius 1 is 1.32 bits per heavy atom. The average Bonchev–Trinajstić information content (AvgIpc) is 2.75. The summed E-state index contributed by atoms with van der Waals surface area (Å²) >= 11 is 6.25. The van der Waals surface area contributed by atoms with Crippen molar-refractivity contribution in [3.05, 3.63) is 51.3 Å². The number of aromatic nitrogens is 1. The molecule has 1 heterocycles. The van der Waals surface area contributed by atoms with Crippen LogP contribution in [0.4, 0.5) is 10.5 Å². The molecule has 0 saturated heterocycles. The first-order valence-electron chi connectivity index (χ1n) is 11.5. The maximum absolute atomic E-state index is 12.2. The summed E-state index contributed by atoms with van der Waals surface area (Å²) in [6.45, 7) is 12.9. The number of pyridine rings is 1. The van der Waals surface area contributed by atoms with Gasteiger partial charge in [0.05, 0.1) is 16.9 Å². The van der Waals surface area contributed by atoms with Crippen LogP contribution in [0.5, 0.6) is 5.75 Å². The minimum absolute atomic E-state index is 0.187. The minimum atomic E-state index is -0.626. The smallest absolute Gasteiger partial charge is 0.412 e. The van der Waals surface area contributed by atoms with Crippen molar-refractivity contribution in [2.45, 2.75) is 79.4 Å². The standard InChI is InChI=1S/C24H27ClN4O3.C2H6/c1-13-16-7-6-8-20(21(16)29-22(25)18(13)12-26)31-15-9-10-19(17(11-15)14(2)27)28-23(30)32-24(3,4)5;1-2/h9-11,20,27H,6-8H2,1-5H3,(H,28,30);1-2H3. The fourth-order valence-electron chi connectivity index (χ4n) is 3.75. The topological polar surface area (TPSA) is 108 Å². The van der Waals surface area contributed by atoms with Crippen LogP contribution < -0.4 is 10.1 Å². The Kier molecular flexibility index (Phi) is 9.06. The Hall–Kier alpha value is -3.11. The van der Waals surface area contributed by atoms with Gasteiger partial charge in [0.25, 0.3) is 0 Å². The van der Waals surface area contributed by atoms with Crippen molar-refractivity contribution in [3.8, 4) is 11.8 Å². The van der Waals surface area contributed by atoms with Gasteiger partial charge in [0.2, 0.25) is 0 Å². The first-order valence-corrected chi connectivity index (χ1v) is 11.8. The molecule has 0 spiro atoms. The molecular weight excluding hydrogens is 452 g/mol. The number of ether oxygens (including phenoxy) is 2. The number of carbonyl (C=O) groups is 1. The highest BCUT2D eigenvalue weighted by Gasteiger charge is 2.28. The molecule has 0 radical (unpaired) electrons. The highest BCUT2D eigenvalue weighted by atomic mass is 35.5. The van der Waals surface area contributed by atoms with Gasteiger partial charge in [-0.1, -0.05) is 25.4 Å². The molecule has 1 amide bonds. The summed E-state index contributed by atoms with van der Waals surface area (Å²) < 4.78 is 11.6. The van der Waals surface area contributed by atoms with Gasteiger partial charge in [-0.2, -0.15) is 5.26 Å². The Bertz CT molecular complexity index is 1120. The number of hydrogen-bond acceptors (Lipinski definition) is 6. The normalized spacial score (nSPS) is 14.6. The molecule has 1 aliphatic carbocycles. The lowest BCUT2D eigenvalue weighted by atomic mass is 9.89. The molecule has 0 aliphatic heterocycles. The van der Waals surface area contributed by atoms with E-state index in [0.717, 1.165) is 36.1 Å². The maximum atomic E-state index is 12.2. The lowest BCUT2D eigenvalue weighted by Crippen LogP contribution is -2.27. The highest BCUT2D eigenvalue weighted by Crippen LogP contribution is 2.37. The molecule has 7 nitrogen and oxygen atoms in total. The molecule has 1 atom stereocenters. The number of anilines is 1. The second kappa shape index (κ2) is 11.3. The third kappa shape index (κ3) is 6.48. The van der Waals surface area contributed by atoms with Gasteiger partial charge in [-0.3, -0.25) is 5.32 Å². The van der Waals surface area contributed by atoms with Crippen LogP contribution in [0.25, 0.3) is 0 Å². The van der Waals surface area contributed by atoms with E-state index < -0.39 is 11.7 Å². The molecule has 1 unspecified atom stereocenters. The molecule has 1 aromatic carbocycles. The number of fused-ring (bicyclic) bond motifs is 1. The number of benzene rings is 1. The lowest BCUT2D eigenvalue weighted by Gasteiger charge is -2.27. The lowest BCUT2D eigenvalue weighted by molar-refractivity contribution is 0.0636. The van der Waals surface area contributed by atoms with Crippen LogP contribution in [-0.2, 0) is 11.2 Å². The van der Waals surface area contributed by atoms with Crippen LogP contribution in [-0.4, -0.2) is 22.4 Å². The van der Waals surface area contributed by atoms with Gasteiger partial charge in [0.1, 0.15) is 28.7 Å². The van der Waals surface area contributed by atoms with E-state index in [1.165, 1.54) is 0 Å². The van der Waals surface area contributed by atoms with Crippen molar-refractivity contribution < 1.29 is 14.3 Å². The van der Waals surface area contributed by atoms with Gasteiger partial charge >= 0.3 is 6.09 Å². The van der Waals surface area contributed by atoms with E-state index in [1.807, 2.05) is 20.8 Å². The van der Waals surface area contributed by atoms with Crippen molar-refractivity contribution in [1.82, 2.24) is 4.98 Å². The SMILES string of the molecule is CC.CC(=N)c1cc(OC2CCCc3c2nc(Cl)c(C#N)c3C)ccc1NC(=O)OC(C)(C)C. The zero-order valence-corrected chi connectivity index (χ0v) is 21.7. The summed E-state index contributed by atoms with van der Waals surface area (Å²) in [4.78, 5) is 16.7. The van der Waals surface area contributed by atoms with Crippen LogP contribution in [0, 0.1) is 23.7 Å². The van der Waals surface area contributed by atoms with Crippen LogP contribution in [0.3, 0.4) is 0 Å². The summed E-state index contributed by atoms with van der Waals surface area (Å²) in [5.41, 5.74) is 3.68. The van der Waals surface area contributed by atoms with Crippen LogP contribution in [0.15, 0.2) is 18.2 Å². The Labute approximate surface area is 207 Å². The first-order chi connectivity index (χ1) is 16.0. The summed E-state index contributed by atoms with van der Waals surface area (Å²) in [6.07, 6.45) is 1.59. The predicted octanol–water partition coefficient (Wildman–Crippen LogP) is 7.13. The number of halogens is 1. The van der Waals surface area contributed by atoms with E-state index in [2.05, 4.69) is 16.4 Å². The molecule has 1 aromatic heterocycles. The van der Waals surface area contributed by atoms with E-state index in [0.29, 0.717) is 22.6 Å². The Morgan fingerprint density at radius 3 is 2.59 bits per heavy atom. The number of nitrogens with zero attached hydrogens (tertiary/aromatic N) is 2. The van der Waals surface area contributed by atoms with Gasteiger partial charge in [0.15, 0.2) is 0 Å². The Balaban J connectivity index is 0.00000199. The molecule has 2 aromatic rings. The number of amides is 1. The molecule has 0 bridgehead atoms. The summed E-state index contributed by atoms with van der Waals surface area (Å²) in [6, 6.07) is 7.29. The van der Waals surface area contributed by atoms with E-state index in [9.17, 15) is 10.1 Å². The van der Waals surface area contributed by atoms with Crippen molar-refractivity contribution in [1.29, 1.82) is 10.7 Å². The van der Waals surface area contributed by atoms with Crippen LogP contribution >= 0.6 is 11.6 Å². The van der Waals surface area contributed by atoms with E-state index in [1.54, 1.807) is 45.9 Å². The summed E-state index contributed by atoms with van der Waals surface area (Å²) in [5, 5.41) is 20.4. The Morgan fingerprint density at radius 2 is 2.00 bits per heavy atom. The monoisotopic (exact) mass is 484 g/mol. The largest absolute Gasteiger partial charge is 0.484 e. The number of nitrogens with one attached hydrogen (secondary N) is 2. The van der Waals surface area contributed by atoms with Gasteiger partial charge in [-0.05, 0) is 83.2 Å². The summed E-state index contributed by atoms with van der Waals surface area (Å²) in [7, 11) is 0. The van der Waals surface area contributed by atoms with Gasteiger partial charge in [-0.15, -0.1) is 0 Å². The minimum Gasteiger partial charge on any atom is -0.484 e. The van der Waals surface area contributed by atoms with Crippen molar-refractivity contribution >= 4 is 29.1 Å².